The SMILES string of the molecule is CCCn1cc(C(C)C(C)CN)cn1. The number of aryl methyl sites for hydroxylation is 1. The van der Waals surface area contributed by atoms with Crippen molar-refractivity contribution >= 4 is 0 Å². The third-order valence-corrected chi connectivity index (χ3v) is 2.86. The van der Waals surface area contributed by atoms with Crippen molar-refractivity contribution < 1.29 is 0 Å². The van der Waals surface area contributed by atoms with E-state index in [1.165, 1.54) is 5.56 Å². The van der Waals surface area contributed by atoms with Crippen LogP contribution >= 0.6 is 0 Å². The van der Waals surface area contributed by atoms with Crippen LogP contribution < -0.4 is 5.73 Å². The highest BCUT2D eigenvalue weighted by molar-refractivity contribution is 5.11. The predicted octanol–water partition coefficient (Wildman–Crippen LogP) is 1.99. The van der Waals surface area contributed by atoms with E-state index >= 15 is 0 Å². The van der Waals surface area contributed by atoms with Crippen molar-refractivity contribution in [2.45, 2.75) is 39.7 Å². The number of hydrogen-bond donors (Lipinski definition) is 1. The molecule has 0 aliphatic carbocycles. The van der Waals surface area contributed by atoms with Gasteiger partial charge in [0.2, 0.25) is 0 Å². The molecule has 0 aliphatic heterocycles. The minimum atomic E-state index is 0.505. The average molecular weight is 195 g/mol. The van der Waals surface area contributed by atoms with Gasteiger partial charge in [0.25, 0.3) is 0 Å². The van der Waals surface area contributed by atoms with Crippen LogP contribution in [-0.2, 0) is 6.54 Å². The van der Waals surface area contributed by atoms with Crippen LogP contribution in [0.4, 0.5) is 0 Å². The molecular weight excluding hydrogens is 174 g/mol. The molecule has 3 nitrogen and oxygen atoms in total. The van der Waals surface area contributed by atoms with Crippen LogP contribution in [-0.4, -0.2) is 16.3 Å². The van der Waals surface area contributed by atoms with Crippen LogP contribution in [0.25, 0.3) is 0 Å². The van der Waals surface area contributed by atoms with Gasteiger partial charge < -0.3 is 5.73 Å². The van der Waals surface area contributed by atoms with E-state index in [0.717, 1.165) is 19.5 Å². The molecule has 0 bridgehead atoms. The minimum absolute atomic E-state index is 0.505. The van der Waals surface area contributed by atoms with Crippen LogP contribution in [0.5, 0.6) is 0 Å². The van der Waals surface area contributed by atoms with E-state index in [9.17, 15) is 0 Å². The summed E-state index contributed by atoms with van der Waals surface area (Å²) in [7, 11) is 0. The monoisotopic (exact) mass is 195 g/mol. The molecule has 1 aromatic heterocycles. The Morgan fingerprint density at radius 3 is 2.79 bits per heavy atom. The van der Waals surface area contributed by atoms with Crippen molar-refractivity contribution in [3.8, 4) is 0 Å². The van der Waals surface area contributed by atoms with Gasteiger partial charge in [-0.15, -0.1) is 0 Å². The lowest BCUT2D eigenvalue weighted by Gasteiger charge is -2.15. The van der Waals surface area contributed by atoms with Crippen molar-refractivity contribution in [2.75, 3.05) is 6.54 Å². The largest absolute Gasteiger partial charge is 0.330 e. The van der Waals surface area contributed by atoms with Crippen molar-refractivity contribution in [3.63, 3.8) is 0 Å². The maximum absolute atomic E-state index is 5.65. The molecule has 0 saturated carbocycles. The molecule has 3 heteroatoms. The molecule has 0 spiro atoms. The summed E-state index contributed by atoms with van der Waals surface area (Å²) >= 11 is 0. The first-order valence-electron chi connectivity index (χ1n) is 5.41. The third-order valence-electron chi connectivity index (χ3n) is 2.86. The smallest absolute Gasteiger partial charge is 0.0524 e. The zero-order valence-corrected chi connectivity index (χ0v) is 9.40. The molecule has 80 valence electrons. The van der Waals surface area contributed by atoms with Gasteiger partial charge >= 0.3 is 0 Å². The first-order chi connectivity index (χ1) is 6.69. The molecule has 0 amide bonds. The summed E-state index contributed by atoms with van der Waals surface area (Å²) in [6.07, 6.45) is 5.23. The molecule has 0 aliphatic rings. The zero-order chi connectivity index (χ0) is 10.6. The number of rotatable bonds is 5. The lowest BCUT2D eigenvalue weighted by atomic mass is 9.91. The number of hydrogen-bond acceptors (Lipinski definition) is 2. The average Bonchev–Trinajstić information content (AvgIpc) is 2.64. The summed E-state index contributed by atoms with van der Waals surface area (Å²) in [4.78, 5) is 0. The highest BCUT2D eigenvalue weighted by atomic mass is 15.3. The highest BCUT2D eigenvalue weighted by Gasteiger charge is 2.14. The van der Waals surface area contributed by atoms with Gasteiger partial charge in [0, 0.05) is 12.7 Å². The summed E-state index contributed by atoms with van der Waals surface area (Å²) in [6.45, 7) is 8.30. The van der Waals surface area contributed by atoms with Crippen molar-refractivity contribution in [1.82, 2.24) is 9.78 Å². The van der Waals surface area contributed by atoms with E-state index in [-0.39, 0.29) is 0 Å². The Morgan fingerprint density at radius 2 is 2.21 bits per heavy atom. The molecule has 2 unspecified atom stereocenters. The van der Waals surface area contributed by atoms with E-state index in [4.69, 9.17) is 5.73 Å². The van der Waals surface area contributed by atoms with Gasteiger partial charge in [-0.1, -0.05) is 20.8 Å². The number of nitrogens with two attached hydrogens (primary N) is 1. The van der Waals surface area contributed by atoms with Gasteiger partial charge in [-0.2, -0.15) is 5.10 Å². The Bertz CT molecular complexity index is 267. The van der Waals surface area contributed by atoms with Crippen LogP contribution in [0, 0.1) is 5.92 Å². The van der Waals surface area contributed by atoms with Crippen molar-refractivity contribution in [2.24, 2.45) is 11.7 Å². The third kappa shape index (κ3) is 2.58. The van der Waals surface area contributed by atoms with Gasteiger partial charge in [-0.3, -0.25) is 4.68 Å². The Hall–Kier alpha value is -0.830. The van der Waals surface area contributed by atoms with E-state index in [0.29, 0.717) is 11.8 Å². The molecule has 0 fully saturated rings. The fraction of sp³-hybridized carbons (Fsp3) is 0.727. The lowest BCUT2D eigenvalue weighted by Crippen LogP contribution is -2.16. The predicted molar refractivity (Wildman–Crippen MR) is 59.2 cm³/mol. The van der Waals surface area contributed by atoms with Crippen molar-refractivity contribution in [3.05, 3.63) is 18.0 Å². The zero-order valence-electron chi connectivity index (χ0n) is 9.40. The Kier molecular flexibility index (Phi) is 4.14. The van der Waals surface area contributed by atoms with Crippen LogP contribution in [0.1, 0.15) is 38.7 Å². The molecule has 0 aromatic carbocycles. The number of aromatic nitrogens is 2. The van der Waals surface area contributed by atoms with Crippen LogP contribution in [0.3, 0.4) is 0 Å². The van der Waals surface area contributed by atoms with Crippen LogP contribution in [0.15, 0.2) is 12.4 Å². The minimum Gasteiger partial charge on any atom is -0.330 e. The highest BCUT2D eigenvalue weighted by Crippen LogP contribution is 2.22. The van der Waals surface area contributed by atoms with Crippen molar-refractivity contribution in [1.29, 1.82) is 0 Å². The Labute approximate surface area is 86.3 Å². The maximum atomic E-state index is 5.65. The first kappa shape index (κ1) is 11.2. The topological polar surface area (TPSA) is 43.8 Å². The van der Waals surface area contributed by atoms with Gasteiger partial charge in [0.1, 0.15) is 0 Å². The standard InChI is InChI=1S/C11H21N3/c1-4-5-14-8-11(7-13-14)10(3)9(2)6-12/h7-10H,4-6,12H2,1-3H3. The van der Waals surface area contributed by atoms with Gasteiger partial charge in [-0.25, -0.2) is 0 Å². The Morgan fingerprint density at radius 1 is 1.50 bits per heavy atom. The van der Waals surface area contributed by atoms with Gasteiger partial charge in [0.15, 0.2) is 0 Å². The molecule has 14 heavy (non-hydrogen) atoms. The quantitative estimate of drug-likeness (QED) is 0.781. The van der Waals surface area contributed by atoms with Gasteiger partial charge in [-0.05, 0) is 30.4 Å². The molecule has 1 aromatic rings. The molecule has 0 saturated heterocycles. The fourth-order valence-corrected chi connectivity index (χ4v) is 1.50. The summed E-state index contributed by atoms with van der Waals surface area (Å²) in [5, 5.41) is 4.32. The summed E-state index contributed by atoms with van der Waals surface area (Å²) in [5.74, 6) is 1.03. The molecule has 1 heterocycles. The summed E-state index contributed by atoms with van der Waals surface area (Å²) < 4.78 is 2.01. The van der Waals surface area contributed by atoms with E-state index < -0.39 is 0 Å². The first-order valence-corrected chi connectivity index (χ1v) is 5.41. The summed E-state index contributed by atoms with van der Waals surface area (Å²) in [6, 6.07) is 0. The second kappa shape index (κ2) is 5.15. The molecular formula is C11H21N3. The summed E-state index contributed by atoms with van der Waals surface area (Å²) in [5.41, 5.74) is 6.95. The fourth-order valence-electron chi connectivity index (χ4n) is 1.50. The number of nitrogens with zero attached hydrogens (tertiary/aromatic N) is 2. The molecule has 0 radical (unpaired) electrons. The second-order valence-electron chi connectivity index (χ2n) is 4.04. The normalized spacial score (nSPS) is 15.4. The molecule has 2 atom stereocenters. The van der Waals surface area contributed by atoms with E-state index in [1.54, 1.807) is 0 Å². The molecule has 2 N–H and O–H groups in total. The second-order valence-corrected chi connectivity index (χ2v) is 4.04. The van der Waals surface area contributed by atoms with Crippen LogP contribution in [0.2, 0.25) is 0 Å². The lowest BCUT2D eigenvalue weighted by molar-refractivity contribution is 0.498. The Balaban J connectivity index is 2.65. The van der Waals surface area contributed by atoms with Gasteiger partial charge in [0.05, 0.1) is 6.20 Å². The maximum Gasteiger partial charge on any atom is 0.0524 e. The molecule has 1 rings (SSSR count). The van der Waals surface area contributed by atoms with E-state index in [2.05, 4.69) is 32.1 Å². The van der Waals surface area contributed by atoms with E-state index in [1.807, 2.05) is 10.9 Å².